The summed E-state index contributed by atoms with van der Waals surface area (Å²) in [6.45, 7) is 0.541. The van der Waals surface area contributed by atoms with Crippen LogP contribution in [-0.4, -0.2) is 39.7 Å². The third kappa shape index (κ3) is 3.28. The topological polar surface area (TPSA) is 95.4 Å². The predicted molar refractivity (Wildman–Crippen MR) is 83.2 cm³/mol. The minimum Gasteiger partial charge on any atom is -0.480 e. The van der Waals surface area contributed by atoms with E-state index in [4.69, 9.17) is 0 Å². The smallest absolute Gasteiger partial charge is 0.326 e. The molecular weight excluding hydrogens is 296 g/mol. The largest absolute Gasteiger partial charge is 0.480 e. The summed E-state index contributed by atoms with van der Waals surface area (Å²) >= 11 is 0. The minimum absolute atomic E-state index is 0.0391. The number of aliphatic carboxylic acids is 1. The second kappa shape index (κ2) is 6.43. The van der Waals surface area contributed by atoms with Gasteiger partial charge in [-0.3, -0.25) is 4.90 Å². The molecule has 0 saturated heterocycles. The molecule has 1 aliphatic heterocycles. The number of benzene rings is 1. The van der Waals surface area contributed by atoms with Gasteiger partial charge in [-0.25, -0.2) is 19.6 Å². The molecule has 1 aromatic heterocycles. The molecule has 7 heteroatoms. The van der Waals surface area contributed by atoms with E-state index in [0.29, 0.717) is 12.4 Å². The first kappa shape index (κ1) is 15.0. The lowest BCUT2D eigenvalue weighted by molar-refractivity contribution is -0.139. The molecule has 23 heavy (non-hydrogen) atoms. The van der Waals surface area contributed by atoms with Gasteiger partial charge in [0.15, 0.2) is 0 Å². The van der Waals surface area contributed by atoms with Gasteiger partial charge in [-0.1, -0.05) is 18.2 Å². The molecule has 7 nitrogen and oxygen atoms in total. The van der Waals surface area contributed by atoms with Gasteiger partial charge in [0.1, 0.15) is 11.9 Å². The highest BCUT2D eigenvalue weighted by Gasteiger charge is 2.28. The highest BCUT2D eigenvalue weighted by molar-refractivity contribution is 5.96. The molecule has 2 aromatic rings. The monoisotopic (exact) mass is 312 g/mol. The number of carboxylic acid groups (broad SMARTS) is 1. The van der Waals surface area contributed by atoms with E-state index in [0.717, 1.165) is 17.7 Å². The molecule has 1 aliphatic rings. The summed E-state index contributed by atoms with van der Waals surface area (Å²) in [5, 5.41) is 11.9. The molecule has 0 radical (unpaired) electrons. The number of hydrogen-bond donors (Lipinski definition) is 2. The fourth-order valence-corrected chi connectivity index (χ4v) is 2.59. The van der Waals surface area contributed by atoms with E-state index in [1.165, 1.54) is 0 Å². The van der Waals surface area contributed by atoms with Crippen LogP contribution in [0.4, 0.5) is 10.5 Å². The van der Waals surface area contributed by atoms with Gasteiger partial charge in [-0.05, 0) is 24.1 Å². The zero-order valence-corrected chi connectivity index (χ0v) is 12.3. The number of anilines is 1. The Hall–Kier alpha value is -2.96. The Kier molecular flexibility index (Phi) is 4.18. The number of para-hydroxylation sites is 1. The average molecular weight is 312 g/mol. The van der Waals surface area contributed by atoms with E-state index in [-0.39, 0.29) is 6.42 Å². The number of carboxylic acids is 1. The van der Waals surface area contributed by atoms with Crippen molar-refractivity contribution < 1.29 is 14.7 Å². The van der Waals surface area contributed by atoms with Crippen LogP contribution < -0.4 is 10.2 Å². The van der Waals surface area contributed by atoms with Gasteiger partial charge in [0, 0.05) is 31.0 Å². The van der Waals surface area contributed by atoms with Crippen molar-refractivity contribution in [3.05, 3.63) is 54.1 Å². The van der Waals surface area contributed by atoms with Gasteiger partial charge >= 0.3 is 12.0 Å². The van der Waals surface area contributed by atoms with Crippen LogP contribution in [0.15, 0.2) is 42.7 Å². The summed E-state index contributed by atoms with van der Waals surface area (Å²) in [6, 6.07) is 7.77. The standard InChI is InChI=1S/C16H16N4O3/c21-15(22)12(10-14-17-7-3-8-18-14)19-16(23)20-9-6-11-4-1-2-5-13(11)20/h1-5,7-8,12H,6,9-10H2,(H,19,23)(H,21,22). The zero-order valence-electron chi connectivity index (χ0n) is 12.3. The Morgan fingerprint density at radius 3 is 2.70 bits per heavy atom. The number of urea groups is 1. The second-order valence-electron chi connectivity index (χ2n) is 5.24. The predicted octanol–water partition coefficient (Wildman–Crippen LogP) is 1.24. The van der Waals surface area contributed by atoms with Gasteiger partial charge in [0.25, 0.3) is 0 Å². The van der Waals surface area contributed by atoms with E-state index in [9.17, 15) is 14.7 Å². The Labute approximate surface area is 133 Å². The Morgan fingerprint density at radius 1 is 1.22 bits per heavy atom. The second-order valence-corrected chi connectivity index (χ2v) is 5.24. The number of carbonyl (C=O) groups is 2. The Morgan fingerprint density at radius 2 is 1.96 bits per heavy atom. The number of nitrogens with one attached hydrogen (secondary N) is 1. The maximum atomic E-state index is 12.4. The van der Waals surface area contributed by atoms with Gasteiger partial charge in [0.05, 0.1) is 0 Å². The van der Waals surface area contributed by atoms with E-state index in [1.54, 1.807) is 23.4 Å². The number of nitrogens with zero attached hydrogens (tertiary/aromatic N) is 3. The van der Waals surface area contributed by atoms with E-state index in [1.807, 2.05) is 24.3 Å². The first-order chi connectivity index (χ1) is 11.1. The van der Waals surface area contributed by atoms with Crippen LogP contribution in [0.1, 0.15) is 11.4 Å². The molecule has 2 amide bonds. The number of fused-ring (bicyclic) bond motifs is 1. The number of hydrogen-bond acceptors (Lipinski definition) is 4. The molecule has 0 aliphatic carbocycles. The molecule has 0 saturated carbocycles. The van der Waals surface area contributed by atoms with Crippen molar-refractivity contribution in [3.63, 3.8) is 0 Å². The Balaban J connectivity index is 1.71. The molecule has 1 atom stereocenters. The fourth-order valence-electron chi connectivity index (χ4n) is 2.59. The van der Waals surface area contributed by atoms with Crippen molar-refractivity contribution in [3.8, 4) is 0 Å². The molecule has 1 aromatic carbocycles. The lowest BCUT2D eigenvalue weighted by Gasteiger charge is -2.21. The third-order valence-electron chi connectivity index (χ3n) is 3.73. The van der Waals surface area contributed by atoms with Crippen molar-refractivity contribution >= 4 is 17.7 Å². The highest BCUT2D eigenvalue weighted by Crippen LogP contribution is 2.27. The van der Waals surface area contributed by atoms with Crippen LogP contribution in [-0.2, 0) is 17.6 Å². The van der Waals surface area contributed by atoms with Gasteiger partial charge in [-0.2, -0.15) is 0 Å². The van der Waals surface area contributed by atoms with Crippen LogP contribution >= 0.6 is 0 Å². The highest BCUT2D eigenvalue weighted by atomic mass is 16.4. The molecule has 118 valence electrons. The molecule has 0 bridgehead atoms. The molecule has 0 spiro atoms. The summed E-state index contributed by atoms with van der Waals surface area (Å²) < 4.78 is 0. The molecule has 2 heterocycles. The van der Waals surface area contributed by atoms with Crippen LogP contribution in [0.5, 0.6) is 0 Å². The average Bonchev–Trinajstić information content (AvgIpc) is 2.99. The summed E-state index contributed by atoms with van der Waals surface area (Å²) in [5.41, 5.74) is 1.91. The molecule has 2 N–H and O–H groups in total. The SMILES string of the molecule is O=C(O)C(Cc1ncccn1)NC(=O)N1CCc2ccccc21. The number of amides is 2. The molecule has 0 fully saturated rings. The Bertz CT molecular complexity index is 720. The van der Waals surface area contributed by atoms with Crippen LogP contribution in [0, 0.1) is 0 Å². The molecular formula is C16H16N4O3. The van der Waals surface area contributed by atoms with E-state index in [2.05, 4.69) is 15.3 Å². The summed E-state index contributed by atoms with van der Waals surface area (Å²) in [6.07, 6.45) is 3.89. The summed E-state index contributed by atoms with van der Waals surface area (Å²) in [5.74, 6) is -0.736. The lowest BCUT2D eigenvalue weighted by atomic mass is 10.2. The van der Waals surface area contributed by atoms with Crippen molar-refractivity contribution in [1.82, 2.24) is 15.3 Å². The van der Waals surface area contributed by atoms with Gasteiger partial charge in [0.2, 0.25) is 0 Å². The third-order valence-corrected chi connectivity index (χ3v) is 3.73. The van der Waals surface area contributed by atoms with E-state index < -0.39 is 18.0 Å². The number of carbonyl (C=O) groups excluding carboxylic acids is 1. The summed E-state index contributed by atoms with van der Waals surface area (Å²) in [4.78, 5) is 33.4. The first-order valence-electron chi connectivity index (χ1n) is 7.30. The van der Waals surface area contributed by atoms with Crippen molar-refractivity contribution in [2.75, 3.05) is 11.4 Å². The van der Waals surface area contributed by atoms with Crippen molar-refractivity contribution in [2.45, 2.75) is 18.9 Å². The first-order valence-corrected chi connectivity index (χ1v) is 7.30. The number of rotatable bonds is 4. The summed E-state index contributed by atoms with van der Waals surface area (Å²) in [7, 11) is 0. The van der Waals surface area contributed by atoms with Gasteiger partial charge in [-0.15, -0.1) is 0 Å². The molecule has 3 rings (SSSR count). The molecule has 1 unspecified atom stereocenters. The quantitative estimate of drug-likeness (QED) is 0.885. The van der Waals surface area contributed by atoms with Crippen LogP contribution in [0.25, 0.3) is 0 Å². The van der Waals surface area contributed by atoms with Gasteiger partial charge < -0.3 is 10.4 Å². The van der Waals surface area contributed by atoms with Crippen molar-refractivity contribution in [1.29, 1.82) is 0 Å². The maximum absolute atomic E-state index is 12.4. The fraction of sp³-hybridized carbons (Fsp3) is 0.250. The maximum Gasteiger partial charge on any atom is 0.326 e. The minimum atomic E-state index is -1.11. The normalized spacial score (nSPS) is 14.2. The zero-order chi connectivity index (χ0) is 16.2. The van der Waals surface area contributed by atoms with Crippen LogP contribution in [0.3, 0.4) is 0 Å². The van der Waals surface area contributed by atoms with E-state index >= 15 is 0 Å². The van der Waals surface area contributed by atoms with Crippen molar-refractivity contribution in [2.24, 2.45) is 0 Å². The lowest BCUT2D eigenvalue weighted by Crippen LogP contribution is -2.48. The number of aromatic nitrogens is 2. The van der Waals surface area contributed by atoms with Crippen LogP contribution in [0.2, 0.25) is 0 Å².